The van der Waals surface area contributed by atoms with Crippen molar-refractivity contribution >= 4 is 5.95 Å². The molecule has 5 rings (SSSR count). The van der Waals surface area contributed by atoms with Crippen LogP contribution in [-0.4, -0.2) is 38.0 Å². The topological polar surface area (TPSA) is 72.9 Å². The third-order valence-electron chi connectivity index (χ3n) is 5.72. The number of benzene rings is 1. The number of hydrogen-bond donors (Lipinski definition) is 0. The van der Waals surface area contributed by atoms with Crippen LogP contribution in [0, 0.1) is 0 Å². The van der Waals surface area contributed by atoms with Crippen LogP contribution in [0.15, 0.2) is 34.9 Å². The first kappa shape index (κ1) is 16.5. The van der Waals surface area contributed by atoms with Crippen molar-refractivity contribution in [2.75, 3.05) is 18.0 Å². The predicted octanol–water partition coefficient (Wildman–Crippen LogP) is 3.44. The minimum atomic E-state index is 0.473. The fraction of sp³-hybridized carbons (Fsp3) is 0.500. The maximum Gasteiger partial charge on any atom is 0.266 e. The molecular weight excluding hydrogens is 340 g/mol. The van der Waals surface area contributed by atoms with Gasteiger partial charge in [-0.15, -0.1) is 10.2 Å². The van der Waals surface area contributed by atoms with E-state index in [9.17, 15) is 0 Å². The maximum atomic E-state index is 5.46. The molecule has 1 fully saturated rings. The molecule has 0 spiro atoms. The Balaban J connectivity index is 1.27. The summed E-state index contributed by atoms with van der Waals surface area (Å²) in [6.45, 7) is 2.91. The van der Waals surface area contributed by atoms with Crippen LogP contribution in [0.5, 0.6) is 0 Å². The van der Waals surface area contributed by atoms with Gasteiger partial charge in [-0.1, -0.05) is 24.6 Å². The second-order valence-electron chi connectivity index (χ2n) is 7.46. The Morgan fingerprint density at radius 1 is 0.926 bits per heavy atom. The third kappa shape index (κ3) is 3.22. The first-order valence-electron chi connectivity index (χ1n) is 9.94. The van der Waals surface area contributed by atoms with E-state index in [0.717, 1.165) is 44.5 Å². The van der Waals surface area contributed by atoms with Gasteiger partial charge in [0.2, 0.25) is 0 Å². The van der Waals surface area contributed by atoms with E-state index in [2.05, 4.69) is 29.8 Å². The van der Waals surface area contributed by atoms with Gasteiger partial charge in [0.05, 0.1) is 0 Å². The van der Waals surface area contributed by atoms with Gasteiger partial charge in [0.15, 0.2) is 0 Å². The van der Waals surface area contributed by atoms with Gasteiger partial charge in [-0.25, -0.2) is 0 Å². The number of aromatic nitrogens is 5. The summed E-state index contributed by atoms with van der Waals surface area (Å²) in [6.07, 6.45) is 6.93. The summed E-state index contributed by atoms with van der Waals surface area (Å²) in [5.41, 5.74) is 0.956. The van der Waals surface area contributed by atoms with Crippen LogP contribution in [0.25, 0.3) is 11.5 Å². The Hall–Kier alpha value is -2.70. The molecule has 2 aliphatic rings. The summed E-state index contributed by atoms with van der Waals surface area (Å²) in [6, 6.07) is 9.91. The van der Waals surface area contributed by atoms with E-state index < -0.39 is 0 Å². The summed E-state index contributed by atoms with van der Waals surface area (Å²) >= 11 is 0. The van der Waals surface area contributed by atoms with Gasteiger partial charge in [0.25, 0.3) is 11.8 Å². The van der Waals surface area contributed by atoms with Crippen LogP contribution >= 0.6 is 0 Å². The molecule has 0 bridgehead atoms. The van der Waals surface area contributed by atoms with Gasteiger partial charge in [-0.3, -0.25) is 0 Å². The second kappa shape index (κ2) is 7.13. The largest absolute Gasteiger partial charge is 0.338 e. The molecule has 2 aliphatic heterocycles. The van der Waals surface area contributed by atoms with Gasteiger partial charge in [0.1, 0.15) is 11.6 Å². The van der Waals surface area contributed by atoms with Gasteiger partial charge < -0.3 is 14.0 Å². The second-order valence-corrected chi connectivity index (χ2v) is 7.46. The molecule has 27 heavy (non-hydrogen) atoms. The fourth-order valence-corrected chi connectivity index (χ4v) is 4.19. The highest BCUT2D eigenvalue weighted by Crippen LogP contribution is 2.31. The number of piperidine rings is 1. The predicted molar refractivity (Wildman–Crippen MR) is 101 cm³/mol. The Kier molecular flexibility index (Phi) is 4.35. The van der Waals surface area contributed by atoms with Crippen LogP contribution < -0.4 is 4.90 Å². The lowest BCUT2D eigenvalue weighted by Crippen LogP contribution is -2.34. The molecule has 140 valence electrons. The van der Waals surface area contributed by atoms with E-state index in [4.69, 9.17) is 4.52 Å². The molecular formula is C20H24N6O. The monoisotopic (exact) mass is 364 g/mol. The first-order chi connectivity index (χ1) is 13.4. The highest BCUT2D eigenvalue weighted by atomic mass is 16.5. The van der Waals surface area contributed by atoms with Crippen LogP contribution in [0.2, 0.25) is 0 Å². The summed E-state index contributed by atoms with van der Waals surface area (Å²) < 4.78 is 7.85. The molecule has 2 aromatic heterocycles. The highest BCUT2D eigenvalue weighted by Gasteiger charge is 2.28. The van der Waals surface area contributed by atoms with Crippen molar-refractivity contribution in [3.8, 4) is 11.5 Å². The molecule has 4 heterocycles. The Morgan fingerprint density at radius 2 is 1.78 bits per heavy atom. The number of hydrogen-bond acceptors (Lipinski definition) is 6. The number of fused-ring (bicyclic) bond motifs is 1. The van der Waals surface area contributed by atoms with Crippen LogP contribution in [-0.2, 0) is 13.0 Å². The fourth-order valence-electron chi connectivity index (χ4n) is 4.19. The zero-order valence-corrected chi connectivity index (χ0v) is 15.4. The number of rotatable bonds is 3. The molecule has 0 N–H and O–H groups in total. The first-order valence-corrected chi connectivity index (χ1v) is 9.94. The Bertz CT molecular complexity index is 894. The molecule has 7 heteroatoms. The van der Waals surface area contributed by atoms with Crippen molar-refractivity contribution in [2.45, 2.75) is 51.0 Å². The molecule has 3 aromatic rings. The standard InChI is InChI=1S/C20H24N6O/c1-3-7-16(8-4-1)19-21-20(24-27-19)25-13-10-15(11-14-25)18-23-22-17-9-5-2-6-12-26(17)18/h1,3-4,7-8,15H,2,5-6,9-14H2. The van der Waals surface area contributed by atoms with Crippen LogP contribution in [0.4, 0.5) is 5.95 Å². The molecule has 0 saturated carbocycles. The van der Waals surface area contributed by atoms with Crippen molar-refractivity contribution in [3.05, 3.63) is 42.0 Å². The van der Waals surface area contributed by atoms with Crippen molar-refractivity contribution in [1.82, 2.24) is 24.9 Å². The van der Waals surface area contributed by atoms with Crippen molar-refractivity contribution in [3.63, 3.8) is 0 Å². The number of anilines is 1. The molecule has 1 saturated heterocycles. The highest BCUT2D eigenvalue weighted by molar-refractivity contribution is 5.54. The molecule has 0 radical (unpaired) electrons. The minimum Gasteiger partial charge on any atom is -0.338 e. The normalized spacial score (nSPS) is 18.3. The zero-order chi connectivity index (χ0) is 18.1. The van der Waals surface area contributed by atoms with Crippen molar-refractivity contribution in [2.24, 2.45) is 0 Å². The molecule has 1 aromatic carbocycles. The van der Waals surface area contributed by atoms with Crippen molar-refractivity contribution < 1.29 is 4.52 Å². The summed E-state index contributed by atoms with van der Waals surface area (Å²) in [5.74, 6) is 4.10. The summed E-state index contributed by atoms with van der Waals surface area (Å²) in [4.78, 5) is 6.80. The van der Waals surface area contributed by atoms with E-state index in [1.165, 1.54) is 30.9 Å². The van der Waals surface area contributed by atoms with E-state index >= 15 is 0 Å². The lowest BCUT2D eigenvalue weighted by Gasteiger charge is -2.30. The van der Waals surface area contributed by atoms with Gasteiger partial charge in [-0.05, 0) is 43.0 Å². The summed E-state index contributed by atoms with van der Waals surface area (Å²) in [7, 11) is 0. The average molecular weight is 364 g/mol. The average Bonchev–Trinajstić information content (AvgIpc) is 3.31. The van der Waals surface area contributed by atoms with E-state index in [1.807, 2.05) is 30.3 Å². The smallest absolute Gasteiger partial charge is 0.266 e. The SMILES string of the molecule is c1ccc(-c2nc(N3CCC(c4nnc5n4CCCCC5)CC3)no2)cc1. The minimum absolute atomic E-state index is 0.473. The quantitative estimate of drug-likeness (QED) is 0.709. The Morgan fingerprint density at radius 3 is 2.63 bits per heavy atom. The van der Waals surface area contributed by atoms with Crippen molar-refractivity contribution in [1.29, 1.82) is 0 Å². The van der Waals surface area contributed by atoms with Gasteiger partial charge >= 0.3 is 0 Å². The number of aryl methyl sites for hydroxylation is 1. The zero-order valence-electron chi connectivity index (χ0n) is 15.4. The lowest BCUT2D eigenvalue weighted by molar-refractivity contribution is 0.418. The van der Waals surface area contributed by atoms with Crippen LogP contribution in [0.1, 0.15) is 49.7 Å². The lowest BCUT2D eigenvalue weighted by atomic mass is 9.96. The van der Waals surface area contributed by atoms with Crippen LogP contribution in [0.3, 0.4) is 0 Å². The molecule has 7 nitrogen and oxygen atoms in total. The Labute approximate surface area is 158 Å². The van der Waals surface area contributed by atoms with Gasteiger partial charge in [-0.2, -0.15) is 4.98 Å². The summed E-state index contributed by atoms with van der Waals surface area (Å²) in [5, 5.41) is 13.2. The third-order valence-corrected chi connectivity index (χ3v) is 5.72. The van der Waals surface area contributed by atoms with E-state index in [0.29, 0.717) is 17.8 Å². The van der Waals surface area contributed by atoms with E-state index in [-0.39, 0.29) is 0 Å². The van der Waals surface area contributed by atoms with Gasteiger partial charge in [0, 0.05) is 37.5 Å². The molecule has 0 aliphatic carbocycles. The maximum absolute atomic E-state index is 5.46. The molecule has 0 amide bonds. The molecule has 0 atom stereocenters. The number of nitrogens with zero attached hydrogens (tertiary/aromatic N) is 6. The van der Waals surface area contributed by atoms with E-state index in [1.54, 1.807) is 0 Å². The molecule has 0 unspecified atom stereocenters.